The minimum Gasteiger partial charge on any atom is -0.497 e. The molecule has 0 N–H and O–H groups in total. The van der Waals surface area contributed by atoms with Crippen molar-refractivity contribution in [3.63, 3.8) is 0 Å². The maximum atomic E-state index is 11.7. The average Bonchev–Trinajstić information content (AvgIpc) is 3.11. The number of methoxy groups -OCH3 is 1. The Morgan fingerprint density at radius 1 is 1.20 bits per heavy atom. The van der Waals surface area contributed by atoms with Gasteiger partial charge in [0.05, 0.1) is 18.9 Å². The van der Waals surface area contributed by atoms with E-state index in [0.29, 0.717) is 17.0 Å². The van der Waals surface area contributed by atoms with E-state index in [4.69, 9.17) is 14.0 Å². The van der Waals surface area contributed by atoms with Gasteiger partial charge >= 0.3 is 5.97 Å². The van der Waals surface area contributed by atoms with E-state index in [-0.39, 0.29) is 0 Å². The summed E-state index contributed by atoms with van der Waals surface area (Å²) in [4.78, 5) is 16.5. The SMILES string of the molecule is COc1ccc(C2=NOC(=O)/C2=C\c2ccco2)cc1. The zero-order valence-corrected chi connectivity index (χ0v) is 10.7. The first-order valence-electron chi connectivity index (χ1n) is 5.97. The molecule has 5 nitrogen and oxygen atoms in total. The first-order chi connectivity index (χ1) is 9.78. The fourth-order valence-electron chi connectivity index (χ4n) is 1.88. The summed E-state index contributed by atoms with van der Waals surface area (Å²) in [6.07, 6.45) is 3.15. The molecule has 0 amide bonds. The smallest absolute Gasteiger partial charge is 0.368 e. The van der Waals surface area contributed by atoms with Crippen LogP contribution in [-0.2, 0) is 9.63 Å². The minimum atomic E-state index is -0.493. The van der Waals surface area contributed by atoms with E-state index in [1.165, 1.54) is 6.26 Å². The van der Waals surface area contributed by atoms with Crippen LogP contribution in [0.25, 0.3) is 6.08 Å². The molecule has 0 fully saturated rings. The normalized spacial score (nSPS) is 16.1. The molecule has 0 bridgehead atoms. The van der Waals surface area contributed by atoms with Crippen molar-refractivity contribution in [3.8, 4) is 5.75 Å². The lowest BCUT2D eigenvalue weighted by molar-refractivity contribution is -0.136. The number of hydrogen-bond acceptors (Lipinski definition) is 5. The minimum absolute atomic E-state index is 0.366. The second-order valence-electron chi connectivity index (χ2n) is 4.12. The molecule has 0 saturated heterocycles. The van der Waals surface area contributed by atoms with Gasteiger partial charge in [-0.05, 0) is 42.5 Å². The largest absolute Gasteiger partial charge is 0.497 e. The third-order valence-corrected chi connectivity index (χ3v) is 2.89. The molecule has 0 spiro atoms. The lowest BCUT2D eigenvalue weighted by Crippen LogP contribution is -2.06. The van der Waals surface area contributed by atoms with Crippen molar-refractivity contribution in [1.29, 1.82) is 0 Å². The van der Waals surface area contributed by atoms with E-state index in [1.807, 2.05) is 12.1 Å². The second kappa shape index (κ2) is 5.05. The number of oxime groups is 1. The number of rotatable bonds is 3. The highest BCUT2D eigenvalue weighted by Crippen LogP contribution is 2.22. The van der Waals surface area contributed by atoms with E-state index >= 15 is 0 Å². The molecule has 1 aromatic carbocycles. The topological polar surface area (TPSA) is 61.0 Å². The summed E-state index contributed by atoms with van der Waals surface area (Å²) in [5.74, 6) is 0.809. The fourth-order valence-corrected chi connectivity index (χ4v) is 1.88. The van der Waals surface area contributed by atoms with Crippen LogP contribution in [0.5, 0.6) is 5.75 Å². The average molecular weight is 269 g/mol. The number of carbonyl (C=O) groups is 1. The van der Waals surface area contributed by atoms with Crippen LogP contribution in [0.15, 0.2) is 57.8 Å². The van der Waals surface area contributed by atoms with Gasteiger partial charge in [-0.15, -0.1) is 0 Å². The van der Waals surface area contributed by atoms with Crippen LogP contribution in [0.3, 0.4) is 0 Å². The lowest BCUT2D eigenvalue weighted by atomic mass is 10.0. The Labute approximate surface area is 115 Å². The van der Waals surface area contributed by atoms with E-state index in [2.05, 4.69) is 5.16 Å². The van der Waals surface area contributed by atoms with Crippen molar-refractivity contribution in [2.75, 3.05) is 7.11 Å². The lowest BCUT2D eigenvalue weighted by Gasteiger charge is -2.02. The highest BCUT2D eigenvalue weighted by Gasteiger charge is 2.27. The van der Waals surface area contributed by atoms with Gasteiger partial charge in [-0.3, -0.25) is 0 Å². The molecule has 1 aromatic heterocycles. The quantitative estimate of drug-likeness (QED) is 0.634. The molecule has 1 aliphatic heterocycles. The van der Waals surface area contributed by atoms with Crippen molar-refractivity contribution in [3.05, 3.63) is 59.6 Å². The Bertz CT molecular complexity index is 681. The number of carbonyl (C=O) groups excluding carboxylic acids is 1. The van der Waals surface area contributed by atoms with Crippen molar-refractivity contribution >= 4 is 17.8 Å². The number of furan rings is 1. The van der Waals surface area contributed by atoms with Gasteiger partial charge < -0.3 is 14.0 Å². The summed E-state index contributed by atoms with van der Waals surface area (Å²) in [5, 5.41) is 3.82. The molecule has 3 rings (SSSR count). The van der Waals surface area contributed by atoms with Crippen molar-refractivity contribution < 1.29 is 18.8 Å². The number of benzene rings is 1. The molecule has 2 heterocycles. The van der Waals surface area contributed by atoms with E-state index in [9.17, 15) is 4.79 Å². The summed E-state index contributed by atoms with van der Waals surface area (Å²) in [5.41, 5.74) is 1.62. The first-order valence-corrected chi connectivity index (χ1v) is 5.97. The van der Waals surface area contributed by atoms with Gasteiger partial charge in [0, 0.05) is 5.56 Å². The number of hydrogen-bond donors (Lipinski definition) is 0. The molecule has 0 unspecified atom stereocenters. The Hall–Kier alpha value is -2.82. The summed E-state index contributed by atoms with van der Waals surface area (Å²) in [6.45, 7) is 0. The molecule has 0 atom stereocenters. The summed E-state index contributed by atoms with van der Waals surface area (Å²) >= 11 is 0. The van der Waals surface area contributed by atoms with Crippen LogP contribution in [-0.4, -0.2) is 18.8 Å². The second-order valence-corrected chi connectivity index (χ2v) is 4.12. The van der Waals surface area contributed by atoms with Crippen LogP contribution in [0.2, 0.25) is 0 Å². The molecule has 1 aliphatic rings. The zero-order chi connectivity index (χ0) is 13.9. The Morgan fingerprint density at radius 3 is 2.65 bits per heavy atom. The van der Waals surface area contributed by atoms with Gasteiger partial charge in [0.25, 0.3) is 0 Å². The molecule has 0 aliphatic carbocycles. The number of nitrogens with zero attached hydrogens (tertiary/aromatic N) is 1. The van der Waals surface area contributed by atoms with E-state index < -0.39 is 5.97 Å². The predicted octanol–water partition coefficient (Wildman–Crippen LogP) is 2.63. The highest BCUT2D eigenvalue weighted by atomic mass is 16.7. The van der Waals surface area contributed by atoms with Crippen molar-refractivity contribution in [2.24, 2.45) is 5.16 Å². The molecular weight excluding hydrogens is 258 g/mol. The summed E-state index contributed by atoms with van der Waals surface area (Å²) < 4.78 is 10.3. The van der Waals surface area contributed by atoms with Gasteiger partial charge in [0.2, 0.25) is 0 Å². The van der Waals surface area contributed by atoms with Crippen LogP contribution in [0.4, 0.5) is 0 Å². The predicted molar refractivity (Wildman–Crippen MR) is 72.3 cm³/mol. The van der Waals surface area contributed by atoms with Crippen molar-refractivity contribution in [2.45, 2.75) is 0 Å². The van der Waals surface area contributed by atoms with Gasteiger partial charge in [0.15, 0.2) is 0 Å². The van der Waals surface area contributed by atoms with Crippen LogP contribution in [0, 0.1) is 0 Å². The van der Waals surface area contributed by atoms with Crippen LogP contribution < -0.4 is 4.74 Å². The third-order valence-electron chi connectivity index (χ3n) is 2.89. The van der Waals surface area contributed by atoms with Crippen LogP contribution >= 0.6 is 0 Å². The highest BCUT2D eigenvalue weighted by molar-refractivity contribution is 6.31. The third kappa shape index (κ3) is 2.21. The standard InChI is InChI=1S/C15H11NO4/c1-18-11-6-4-10(5-7-11)14-13(15(17)20-16-14)9-12-3-2-8-19-12/h2-9H,1H3/b13-9-. The van der Waals surface area contributed by atoms with Gasteiger partial charge in [-0.25, -0.2) is 4.79 Å². The Balaban J connectivity index is 1.97. The van der Waals surface area contributed by atoms with Crippen LogP contribution in [0.1, 0.15) is 11.3 Å². The summed E-state index contributed by atoms with van der Waals surface area (Å²) in [6, 6.07) is 10.7. The molecular formula is C15H11NO4. The molecule has 20 heavy (non-hydrogen) atoms. The van der Waals surface area contributed by atoms with Crippen molar-refractivity contribution in [1.82, 2.24) is 0 Å². The summed E-state index contributed by atoms with van der Waals surface area (Å²) in [7, 11) is 1.59. The Kier molecular flexibility index (Phi) is 3.09. The van der Waals surface area contributed by atoms with Gasteiger partial charge in [0.1, 0.15) is 17.2 Å². The Morgan fingerprint density at radius 2 is 2.00 bits per heavy atom. The molecule has 2 aromatic rings. The van der Waals surface area contributed by atoms with Gasteiger partial charge in [-0.1, -0.05) is 5.16 Å². The van der Waals surface area contributed by atoms with E-state index in [1.54, 1.807) is 37.5 Å². The molecule has 0 radical (unpaired) electrons. The monoisotopic (exact) mass is 269 g/mol. The molecule has 5 heteroatoms. The van der Waals surface area contributed by atoms with E-state index in [0.717, 1.165) is 11.3 Å². The van der Waals surface area contributed by atoms with Gasteiger partial charge in [-0.2, -0.15) is 0 Å². The fraction of sp³-hybridized carbons (Fsp3) is 0.0667. The maximum Gasteiger partial charge on any atom is 0.368 e. The zero-order valence-electron chi connectivity index (χ0n) is 10.7. The number of ether oxygens (including phenoxy) is 1. The maximum absolute atomic E-state index is 11.7. The molecule has 100 valence electrons. The first kappa shape index (κ1) is 12.2. The molecule has 0 saturated carbocycles.